The van der Waals surface area contributed by atoms with Gasteiger partial charge in [-0.2, -0.15) is 4.98 Å². The number of nitrogens with zero attached hydrogens (tertiary/aromatic N) is 2. The highest BCUT2D eigenvalue weighted by Crippen LogP contribution is 2.30. The number of anilines is 2. The van der Waals surface area contributed by atoms with Crippen molar-refractivity contribution < 1.29 is 4.74 Å². The molecule has 0 aromatic carbocycles. The normalized spacial score (nSPS) is 19.7. The van der Waals surface area contributed by atoms with Gasteiger partial charge in [-0.05, 0) is 25.3 Å². The summed E-state index contributed by atoms with van der Waals surface area (Å²) in [4.78, 5) is 10.9. The fourth-order valence-corrected chi connectivity index (χ4v) is 3.29. The predicted molar refractivity (Wildman–Crippen MR) is 78.7 cm³/mol. The van der Waals surface area contributed by atoms with Crippen molar-refractivity contribution in [1.29, 1.82) is 0 Å². The van der Waals surface area contributed by atoms with Crippen molar-refractivity contribution in [3.8, 4) is 0 Å². The summed E-state index contributed by atoms with van der Waals surface area (Å²) in [5, 5.41) is 4.52. The Balaban J connectivity index is 1.94. The summed E-state index contributed by atoms with van der Waals surface area (Å²) in [5.74, 6) is 1.17. The van der Waals surface area contributed by atoms with Gasteiger partial charge in [0.15, 0.2) is 0 Å². The quantitative estimate of drug-likeness (QED) is 0.902. The Morgan fingerprint density at radius 3 is 3.16 bits per heavy atom. The number of hydrogen-bond donors (Lipinski definition) is 2. The molecule has 1 saturated heterocycles. The van der Waals surface area contributed by atoms with Crippen LogP contribution in [-0.4, -0.2) is 29.2 Å². The van der Waals surface area contributed by atoms with Crippen molar-refractivity contribution in [1.82, 2.24) is 9.97 Å². The second-order valence-electron chi connectivity index (χ2n) is 4.77. The van der Waals surface area contributed by atoms with Gasteiger partial charge in [0.2, 0.25) is 5.95 Å². The van der Waals surface area contributed by atoms with Crippen molar-refractivity contribution in [2.24, 2.45) is 0 Å². The summed E-state index contributed by atoms with van der Waals surface area (Å²) in [6, 6.07) is 2.47. The van der Waals surface area contributed by atoms with E-state index in [1.807, 2.05) is 0 Å². The smallest absolute Gasteiger partial charge is 0.223 e. The van der Waals surface area contributed by atoms with E-state index in [0.717, 1.165) is 48.5 Å². The van der Waals surface area contributed by atoms with Gasteiger partial charge in [0.1, 0.15) is 10.6 Å². The van der Waals surface area contributed by atoms with E-state index >= 15 is 0 Å². The zero-order chi connectivity index (χ0) is 13.2. The number of aryl methyl sites for hydroxylation is 1. The number of rotatable bonds is 3. The third-order valence-electron chi connectivity index (χ3n) is 3.31. The van der Waals surface area contributed by atoms with Crippen LogP contribution in [0, 0.1) is 0 Å². The zero-order valence-electron chi connectivity index (χ0n) is 11.0. The van der Waals surface area contributed by atoms with E-state index in [0.29, 0.717) is 12.0 Å². The molecule has 6 heteroatoms. The maximum atomic E-state index is 5.79. The van der Waals surface area contributed by atoms with Crippen LogP contribution >= 0.6 is 11.3 Å². The molecule has 102 valence electrons. The number of ether oxygens (including phenoxy) is 1. The molecule has 2 aromatic rings. The Morgan fingerprint density at radius 2 is 2.42 bits per heavy atom. The minimum absolute atomic E-state index is 0.316. The van der Waals surface area contributed by atoms with Crippen LogP contribution in [0.25, 0.3) is 10.2 Å². The van der Waals surface area contributed by atoms with Gasteiger partial charge >= 0.3 is 0 Å². The van der Waals surface area contributed by atoms with Crippen LogP contribution in [-0.2, 0) is 11.2 Å². The van der Waals surface area contributed by atoms with Crippen LogP contribution in [0.5, 0.6) is 0 Å². The SMILES string of the molecule is CCc1cc2c(NC3CCCOC3)nc(N)nc2s1. The lowest BCUT2D eigenvalue weighted by atomic mass is 10.1. The maximum Gasteiger partial charge on any atom is 0.223 e. The minimum atomic E-state index is 0.316. The van der Waals surface area contributed by atoms with E-state index in [2.05, 4.69) is 28.3 Å². The van der Waals surface area contributed by atoms with E-state index in [4.69, 9.17) is 10.5 Å². The Morgan fingerprint density at radius 1 is 1.53 bits per heavy atom. The van der Waals surface area contributed by atoms with Crippen LogP contribution in [0.15, 0.2) is 6.07 Å². The summed E-state index contributed by atoms with van der Waals surface area (Å²) in [7, 11) is 0. The molecule has 5 nitrogen and oxygen atoms in total. The molecule has 0 amide bonds. The molecular weight excluding hydrogens is 260 g/mol. The first kappa shape index (κ1) is 12.6. The van der Waals surface area contributed by atoms with Gasteiger partial charge in [-0.15, -0.1) is 11.3 Å². The molecular formula is C13H18N4OS. The van der Waals surface area contributed by atoms with Crippen molar-refractivity contribution >= 4 is 33.3 Å². The first-order chi connectivity index (χ1) is 9.26. The number of fused-ring (bicyclic) bond motifs is 1. The lowest BCUT2D eigenvalue weighted by Crippen LogP contribution is -2.30. The summed E-state index contributed by atoms with van der Waals surface area (Å²) in [5.41, 5.74) is 5.79. The topological polar surface area (TPSA) is 73.1 Å². The summed E-state index contributed by atoms with van der Waals surface area (Å²) in [6.07, 6.45) is 3.20. The van der Waals surface area contributed by atoms with Crippen LogP contribution in [0.2, 0.25) is 0 Å². The molecule has 0 bridgehead atoms. The molecule has 0 saturated carbocycles. The van der Waals surface area contributed by atoms with E-state index < -0.39 is 0 Å². The summed E-state index contributed by atoms with van der Waals surface area (Å²) >= 11 is 1.69. The molecule has 3 N–H and O–H groups in total. The van der Waals surface area contributed by atoms with Gasteiger partial charge in [-0.3, -0.25) is 0 Å². The largest absolute Gasteiger partial charge is 0.379 e. The lowest BCUT2D eigenvalue weighted by molar-refractivity contribution is 0.0875. The first-order valence-corrected chi connectivity index (χ1v) is 7.48. The molecule has 3 rings (SSSR count). The molecule has 1 fully saturated rings. The monoisotopic (exact) mass is 278 g/mol. The number of thiophene rings is 1. The van der Waals surface area contributed by atoms with Gasteiger partial charge in [-0.25, -0.2) is 4.98 Å². The summed E-state index contributed by atoms with van der Waals surface area (Å²) in [6.45, 7) is 3.73. The van der Waals surface area contributed by atoms with Crippen molar-refractivity contribution in [2.45, 2.75) is 32.2 Å². The highest BCUT2D eigenvalue weighted by molar-refractivity contribution is 7.18. The molecule has 1 aliphatic rings. The molecule has 1 atom stereocenters. The second kappa shape index (κ2) is 5.30. The highest BCUT2D eigenvalue weighted by atomic mass is 32.1. The van der Waals surface area contributed by atoms with E-state index in [1.165, 1.54) is 4.88 Å². The number of nitrogens with one attached hydrogen (secondary N) is 1. The van der Waals surface area contributed by atoms with E-state index in [1.54, 1.807) is 11.3 Å². The number of aromatic nitrogens is 2. The average molecular weight is 278 g/mol. The average Bonchev–Trinajstić information content (AvgIpc) is 2.83. The molecule has 3 heterocycles. The third-order valence-corrected chi connectivity index (χ3v) is 4.48. The minimum Gasteiger partial charge on any atom is -0.379 e. The van der Waals surface area contributed by atoms with Crippen molar-refractivity contribution in [2.75, 3.05) is 24.3 Å². The molecule has 2 aromatic heterocycles. The maximum absolute atomic E-state index is 5.79. The molecule has 0 spiro atoms. The van der Waals surface area contributed by atoms with Crippen LogP contribution < -0.4 is 11.1 Å². The first-order valence-electron chi connectivity index (χ1n) is 6.66. The van der Waals surface area contributed by atoms with Gasteiger partial charge in [-0.1, -0.05) is 6.92 Å². The van der Waals surface area contributed by atoms with Gasteiger partial charge < -0.3 is 15.8 Å². The van der Waals surface area contributed by atoms with Gasteiger partial charge in [0.25, 0.3) is 0 Å². The number of nitrogen functional groups attached to an aromatic ring is 1. The molecule has 1 aliphatic heterocycles. The summed E-state index contributed by atoms with van der Waals surface area (Å²) < 4.78 is 5.49. The lowest BCUT2D eigenvalue weighted by Gasteiger charge is -2.23. The predicted octanol–water partition coefficient (Wildman–Crippen LogP) is 2.43. The number of nitrogens with two attached hydrogens (primary N) is 1. The van der Waals surface area contributed by atoms with Crippen LogP contribution in [0.3, 0.4) is 0 Å². The molecule has 1 unspecified atom stereocenters. The van der Waals surface area contributed by atoms with E-state index in [-0.39, 0.29) is 0 Å². The van der Waals surface area contributed by atoms with Crippen LogP contribution in [0.4, 0.5) is 11.8 Å². The van der Waals surface area contributed by atoms with E-state index in [9.17, 15) is 0 Å². The van der Waals surface area contributed by atoms with Crippen LogP contribution in [0.1, 0.15) is 24.6 Å². The fourth-order valence-electron chi connectivity index (χ4n) is 2.32. The molecule has 0 radical (unpaired) electrons. The second-order valence-corrected chi connectivity index (χ2v) is 5.89. The Bertz CT molecular complexity index is 577. The van der Waals surface area contributed by atoms with Crippen molar-refractivity contribution in [3.63, 3.8) is 0 Å². The Labute approximate surface area is 116 Å². The van der Waals surface area contributed by atoms with Gasteiger partial charge in [0, 0.05) is 11.5 Å². The van der Waals surface area contributed by atoms with Crippen molar-refractivity contribution in [3.05, 3.63) is 10.9 Å². The Hall–Kier alpha value is -1.40. The standard InChI is InChI=1S/C13H18N4OS/c1-2-9-6-10-11(15-8-4-3-5-18-7-8)16-13(14)17-12(10)19-9/h6,8H,2-5,7H2,1H3,(H3,14,15,16,17). The Kier molecular flexibility index (Phi) is 3.52. The molecule has 0 aliphatic carbocycles. The number of hydrogen-bond acceptors (Lipinski definition) is 6. The molecule has 19 heavy (non-hydrogen) atoms. The third kappa shape index (κ3) is 2.64. The highest BCUT2D eigenvalue weighted by Gasteiger charge is 2.17. The fraction of sp³-hybridized carbons (Fsp3) is 0.538. The van der Waals surface area contributed by atoms with Gasteiger partial charge in [0.05, 0.1) is 18.0 Å². The zero-order valence-corrected chi connectivity index (χ0v) is 11.8.